The third-order valence-corrected chi connectivity index (χ3v) is 2.10. The Hall–Kier alpha value is -1.39. The van der Waals surface area contributed by atoms with Crippen molar-refractivity contribution < 1.29 is 19.0 Å². The molecule has 0 fully saturated rings. The lowest BCUT2D eigenvalue weighted by molar-refractivity contribution is -0.164. The molecule has 0 saturated heterocycles. The number of ether oxygens (including phenoxy) is 3. The molecule has 0 heterocycles. The van der Waals surface area contributed by atoms with Crippen molar-refractivity contribution in [1.29, 1.82) is 0 Å². The highest BCUT2D eigenvalue weighted by Crippen LogP contribution is 2.07. The summed E-state index contributed by atoms with van der Waals surface area (Å²) < 4.78 is 15.0. The first-order valence-corrected chi connectivity index (χ1v) is 5.01. The minimum absolute atomic E-state index is 0.0971. The van der Waals surface area contributed by atoms with Crippen molar-refractivity contribution in [1.82, 2.24) is 0 Å². The SMILES string of the molecule is COC(=O)CC(OC)OCc1ccccc1. The third kappa shape index (κ3) is 4.42. The van der Waals surface area contributed by atoms with Crippen LogP contribution in [0.5, 0.6) is 0 Å². The summed E-state index contributed by atoms with van der Waals surface area (Å²) in [5.41, 5.74) is 1.04. The third-order valence-electron chi connectivity index (χ3n) is 2.10. The Morgan fingerprint density at radius 3 is 2.50 bits per heavy atom. The van der Waals surface area contributed by atoms with Crippen LogP contribution in [0.2, 0.25) is 0 Å². The van der Waals surface area contributed by atoms with Crippen molar-refractivity contribution in [2.45, 2.75) is 19.3 Å². The van der Waals surface area contributed by atoms with Gasteiger partial charge in [0.15, 0.2) is 6.29 Å². The number of rotatable bonds is 6. The van der Waals surface area contributed by atoms with Crippen LogP contribution < -0.4 is 0 Å². The van der Waals surface area contributed by atoms with Gasteiger partial charge in [0, 0.05) is 7.11 Å². The van der Waals surface area contributed by atoms with E-state index >= 15 is 0 Å². The van der Waals surface area contributed by atoms with Crippen LogP contribution in [0, 0.1) is 0 Å². The van der Waals surface area contributed by atoms with Gasteiger partial charge in [-0.25, -0.2) is 0 Å². The van der Waals surface area contributed by atoms with Gasteiger partial charge in [-0.3, -0.25) is 4.79 Å². The summed E-state index contributed by atoms with van der Waals surface area (Å²) in [6.07, 6.45) is -0.465. The molecule has 1 atom stereocenters. The second-order valence-electron chi connectivity index (χ2n) is 3.24. The largest absolute Gasteiger partial charge is 0.469 e. The van der Waals surface area contributed by atoms with Gasteiger partial charge in [-0.1, -0.05) is 30.3 Å². The maximum Gasteiger partial charge on any atom is 0.310 e. The van der Waals surface area contributed by atoms with E-state index in [-0.39, 0.29) is 12.4 Å². The summed E-state index contributed by atoms with van der Waals surface area (Å²) in [7, 11) is 2.84. The first-order valence-electron chi connectivity index (χ1n) is 5.01. The fourth-order valence-corrected chi connectivity index (χ4v) is 1.19. The quantitative estimate of drug-likeness (QED) is 0.545. The lowest BCUT2D eigenvalue weighted by atomic mass is 10.2. The molecule has 0 aliphatic carbocycles. The van der Waals surface area contributed by atoms with Gasteiger partial charge in [-0.05, 0) is 5.56 Å². The van der Waals surface area contributed by atoms with Gasteiger partial charge in [0.05, 0.1) is 20.1 Å². The summed E-state index contributed by atoms with van der Waals surface area (Å²) in [6, 6.07) is 9.70. The minimum atomic E-state index is -0.562. The van der Waals surface area contributed by atoms with E-state index in [0.717, 1.165) is 5.56 Å². The molecule has 4 nitrogen and oxygen atoms in total. The van der Waals surface area contributed by atoms with Crippen LogP contribution in [-0.2, 0) is 25.6 Å². The Bertz CT molecular complexity index is 310. The molecule has 1 aromatic carbocycles. The molecule has 0 N–H and O–H groups in total. The molecule has 0 aromatic heterocycles. The van der Waals surface area contributed by atoms with Crippen molar-refractivity contribution in [3.8, 4) is 0 Å². The Morgan fingerprint density at radius 2 is 1.94 bits per heavy atom. The van der Waals surface area contributed by atoms with Crippen LogP contribution in [0.15, 0.2) is 30.3 Å². The number of hydrogen-bond acceptors (Lipinski definition) is 4. The molecule has 0 radical (unpaired) electrons. The standard InChI is InChI=1S/C12H16O4/c1-14-11(13)8-12(15-2)16-9-10-6-4-3-5-7-10/h3-7,12H,8-9H2,1-2H3. The van der Waals surface area contributed by atoms with Crippen LogP contribution in [0.1, 0.15) is 12.0 Å². The van der Waals surface area contributed by atoms with E-state index in [2.05, 4.69) is 4.74 Å². The fourth-order valence-electron chi connectivity index (χ4n) is 1.19. The van der Waals surface area contributed by atoms with Crippen molar-refractivity contribution >= 4 is 5.97 Å². The molecule has 0 bridgehead atoms. The van der Waals surface area contributed by atoms with Crippen LogP contribution in [0.4, 0.5) is 0 Å². The van der Waals surface area contributed by atoms with Gasteiger partial charge in [0.2, 0.25) is 0 Å². The molecule has 16 heavy (non-hydrogen) atoms. The minimum Gasteiger partial charge on any atom is -0.469 e. The predicted molar refractivity (Wildman–Crippen MR) is 58.7 cm³/mol. The zero-order valence-corrected chi connectivity index (χ0v) is 9.51. The molecule has 0 amide bonds. The van der Waals surface area contributed by atoms with Crippen LogP contribution in [0.3, 0.4) is 0 Å². The highest BCUT2D eigenvalue weighted by Gasteiger charge is 2.13. The van der Waals surface area contributed by atoms with Crippen molar-refractivity contribution in [3.63, 3.8) is 0 Å². The van der Waals surface area contributed by atoms with Gasteiger partial charge in [-0.15, -0.1) is 0 Å². The molecule has 1 rings (SSSR count). The maximum atomic E-state index is 11.0. The Kier molecular flexibility index (Phi) is 5.53. The second kappa shape index (κ2) is 6.98. The zero-order valence-electron chi connectivity index (χ0n) is 9.51. The maximum absolute atomic E-state index is 11.0. The molecular formula is C12H16O4. The van der Waals surface area contributed by atoms with Gasteiger partial charge in [0.25, 0.3) is 0 Å². The average molecular weight is 224 g/mol. The number of methoxy groups -OCH3 is 2. The molecule has 1 aromatic rings. The van der Waals surface area contributed by atoms with Crippen molar-refractivity contribution in [2.24, 2.45) is 0 Å². The molecule has 0 saturated carbocycles. The normalized spacial score (nSPS) is 12.1. The number of esters is 1. The van der Waals surface area contributed by atoms with Gasteiger partial charge in [-0.2, -0.15) is 0 Å². The van der Waals surface area contributed by atoms with E-state index < -0.39 is 6.29 Å². The monoisotopic (exact) mass is 224 g/mol. The van der Waals surface area contributed by atoms with Crippen LogP contribution in [-0.4, -0.2) is 26.5 Å². The van der Waals surface area contributed by atoms with Crippen molar-refractivity contribution in [3.05, 3.63) is 35.9 Å². The van der Waals surface area contributed by atoms with E-state index in [4.69, 9.17) is 9.47 Å². The van der Waals surface area contributed by atoms with E-state index in [1.807, 2.05) is 30.3 Å². The second-order valence-corrected chi connectivity index (χ2v) is 3.24. The molecule has 88 valence electrons. The molecule has 0 spiro atoms. The predicted octanol–water partition coefficient (Wildman–Crippen LogP) is 1.74. The summed E-state index contributed by atoms with van der Waals surface area (Å²) >= 11 is 0. The fraction of sp³-hybridized carbons (Fsp3) is 0.417. The first kappa shape index (κ1) is 12.7. The van der Waals surface area contributed by atoms with E-state index in [9.17, 15) is 4.79 Å². The Labute approximate surface area is 95.1 Å². The van der Waals surface area contributed by atoms with Gasteiger partial charge >= 0.3 is 5.97 Å². The molecule has 1 unspecified atom stereocenters. The Balaban J connectivity index is 2.37. The molecule has 0 aliphatic rings. The summed E-state index contributed by atoms with van der Waals surface area (Å²) in [5, 5.41) is 0. The molecule has 4 heteroatoms. The lowest BCUT2D eigenvalue weighted by Crippen LogP contribution is -2.20. The number of carbonyl (C=O) groups is 1. The van der Waals surface area contributed by atoms with E-state index in [0.29, 0.717) is 6.61 Å². The van der Waals surface area contributed by atoms with Crippen LogP contribution in [0.25, 0.3) is 0 Å². The Morgan fingerprint density at radius 1 is 1.25 bits per heavy atom. The number of benzene rings is 1. The highest BCUT2D eigenvalue weighted by atomic mass is 16.7. The summed E-state index contributed by atoms with van der Waals surface area (Å²) in [6.45, 7) is 0.413. The van der Waals surface area contributed by atoms with Crippen LogP contribution >= 0.6 is 0 Å². The molecular weight excluding hydrogens is 208 g/mol. The van der Waals surface area contributed by atoms with Gasteiger partial charge in [0.1, 0.15) is 0 Å². The first-order chi connectivity index (χ1) is 7.76. The average Bonchev–Trinajstić information content (AvgIpc) is 2.35. The number of carbonyl (C=O) groups excluding carboxylic acids is 1. The van der Waals surface area contributed by atoms with Crippen molar-refractivity contribution in [2.75, 3.05) is 14.2 Å². The van der Waals surface area contributed by atoms with E-state index in [1.165, 1.54) is 14.2 Å². The van der Waals surface area contributed by atoms with E-state index in [1.54, 1.807) is 0 Å². The molecule has 0 aliphatic heterocycles. The number of hydrogen-bond donors (Lipinski definition) is 0. The smallest absolute Gasteiger partial charge is 0.310 e. The highest BCUT2D eigenvalue weighted by molar-refractivity contribution is 5.69. The summed E-state index contributed by atoms with van der Waals surface area (Å²) in [4.78, 5) is 11.0. The lowest BCUT2D eigenvalue weighted by Gasteiger charge is -2.14. The topological polar surface area (TPSA) is 44.8 Å². The zero-order chi connectivity index (χ0) is 11.8. The summed E-state index contributed by atoms with van der Waals surface area (Å²) in [5.74, 6) is -0.347. The van der Waals surface area contributed by atoms with Gasteiger partial charge < -0.3 is 14.2 Å².